The van der Waals surface area contributed by atoms with Crippen LogP contribution in [0.25, 0.3) is 16.9 Å². The van der Waals surface area contributed by atoms with Gasteiger partial charge < -0.3 is 5.53 Å². The molecule has 0 spiro atoms. The molecule has 0 atom stereocenters. The van der Waals surface area contributed by atoms with E-state index in [2.05, 4.69) is 90.1 Å². The van der Waals surface area contributed by atoms with E-state index in [1.165, 1.54) is 68.9 Å². The van der Waals surface area contributed by atoms with Gasteiger partial charge in [0, 0.05) is 22.3 Å². The van der Waals surface area contributed by atoms with Crippen molar-refractivity contribution in [1.29, 1.82) is 0 Å². The SMILES string of the molecule is CCCCCc1ccc(C2=C(CCCC)C(CCCC)=C(c3ccc(CCCC)cc3)[N+]2=[N-])cc1.C[CH2][Pd][CH2]C. The van der Waals surface area contributed by atoms with Crippen molar-refractivity contribution in [2.45, 2.75) is 135 Å². The topological polar surface area (TPSA) is 25.3 Å². The number of rotatable bonds is 17. The molecule has 0 saturated heterocycles. The zero-order chi connectivity index (χ0) is 29.2. The first kappa shape index (κ1) is 34.4. The van der Waals surface area contributed by atoms with Crippen molar-refractivity contribution in [3.05, 3.63) is 87.5 Å². The molecule has 0 N–H and O–H groups in total. The first-order valence-electron chi connectivity index (χ1n) is 16.1. The second-order valence-electron chi connectivity index (χ2n) is 10.7. The molecule has 0 saturated carbocycles. The molecule has 224 valence electrons. The van der Waals surface area contributed by atoms with Crippen LogP contribution in [0.3, 0.4) is 0 Å². The second kappa shape index (κ2) is 20.1. The van der Waals surface area contributed by atoms with Crippen LogP contribution < -0.4 is 0 Å². The van der Waals surface area contributed by atoms with Crippen LogP contribution in [0, 0.1) is 0 Å². The number of aryl methyl sites for hydroxylation is 2. The van der Waals surface area contributed by atoms with Crippen LogP contribution in [0.4, 0.5) is 0 Å². The third-order valence-corrected chi connectivity index (χ3v) is 9.13. The van der Waals surface area contributed by atoms with E-state index in [1.54, 1.807) is 0 Å². The van der Waals surface area contributed by atoms with Crippen LogP contribution in [0.2, 0.25) is 9.79 Å². The Bertz CT molecular complexity index is 1060. The molecule has 2 aromatic carbocycles. The van der Waals surface area contributed by atoms with E-state index < -0.39 is 0 Å². The van der Waals surface area contributed by atoms with Crippen molar-refractivity contribution in [2.75, 3.05) is 0 Å². The molecule has 0 aliphatic carbocycles. The molecule has 0 radical (unpaired) electrons. The van der Waals surface area contributed by atoms with Gasteiger partial charge in [-0.15, -0.1) is 0 Å². The van der Waals surface area contributed by atoms with E-state index >= 15 is 0 Å². The quantitative estimate of drug-likeness (QED) is 0.0939. The van der Waals surface area contributed by atoms with Gasteiger partial charge in [0.1, 0.15) is 0 Å². The fraction of sp³-hybridized carbons (Fsp3) is 0.568. The Labute approximate surface area is 255 Å². The third-order valence-electron chi connectivity index (χ3n) is 7.58. The van der Waals surface area contributed by atoms with E-state index in [0.717, 1.165) is 91.9 Å². The number of allylic oxidation sites excluding steroid dienone is 2. The molecule has 1 aliphatic heterocycles. The molecular weight excluding hydrogens is 579 g/mol. The second-order valence-corrected chi connectivity index (χ2v) is 13.7. The van der Waals surface area contributed by atoms with Crippen molar-refractivity contribution in [1.82, 2.24) is 0 Å². The van der Waals surface area contributed by atoms with Crippen molar-refractivity contribution < 1.29 is 22.7 Å². The first-order chi connectivity index (χ1) is 19.6. The van der Waals surface area contributed by atoms with Crippen molar-refractivity contribution >= 4 is 11.4 Å². The summed E-state index contributed by atoms with van der Waals surface area (Å²) < 4.78 is 1.52. The predicted octanol–water partition coefficient (Wildman–Crippen LogP) is 12.3. The molecular formula is C37H56N2Pd. The van der Waals surface area contributed by atoms with E-state index in [-0.39, 0.29) is 0 Å². The number of unbranched alkanes of at least 4 members (excludes halogenated alkanes) is 5. The van der Waals surface area contributed by atoms with Gasteiger partial charge in [-0.3, -0.25) is 0 Å². The maximum absolute atomic E-state index is 11.7. The molecule has 0 amide bonds. The molecule has 2 nitrogen and oxygen atoms in total. The van der Waals surface area contributed by atoms with E-state index in [4.69, 9.17) is 0 Å². The number of benzene rings is 2. The van der Waals surface area contributed by atoms with Gasteiger partial charge in [-0.25, -0.2) is 4.70 Å². The molecule has 1 heterocycles. The zero-order valence-corrected chi connectivity index (χ0v) is 28.0. The van der Waals surface area contributed by atoms with Crippen LogP contribution >= 0.6 is 0 Å². The summed E-state index contributed by atoms with van der Waals surface area (Å²) in [7, 11) is 0. The molecule has 40 heavy (non-hydrogen) atoms. The minimum atomic E-state index is 0.994. The summed E-state index contributed by atoms with van der Waals surface area (Å²) in [4.78, 5) is 2.79. The zero-order valence-electron chi connectivity index (χ0n) is 26.4. The van der Waals surface area contributed by atoms with Crippen molar-refractivity contribution in [3.8, 4) is 0 Å². The number of hydrogen-bond acceptors (Lipinski definition) is 0. The van der Waals surface area contributed by atoms with Crippen molar-refractivity contribution in [3.63, 3.8) is 0 Å². The molecule has 0 bridgehead atoms. The Morgan fingerprint density at radius 1 is 0.500 bits per heavy atom. The molecule has 3 rings (SSSR count). The fourth-order valence-electron chi connectivity index (χ4n) is 5.27. The third kappa shape index (κ3) is 10.5. The number of hydrogen-bond donors (Lipinski definition) is 0. The summed E-state index contributed by atoms with van der Waals surface area (Å²) in [6.07, 6.45) is 15.1. The monoisotopic (exact) mass is 634 g/mol. The fourth-order valence-corrected chi connectivity index (χ4v) is 6.05. The van der Waals surface area contributed by atoms with E-state index in [9.17, 15) is 5.53 Å². The summed E-state index contributed by atoms with van der Waals surface area (Å²) >= 11 is 1.04. The van der Waals surface area contributed by atoms with Gasteiger partial charge >= 0.3 is 41.6 Å². The minimum absolute atomic E-state index is 0.994. The summed E-state index contributed by atoms with van der Waals surface area (Å²) in [5.41, 5.74) is 21.4. The van der Waals surface area contributed by atoms with Crippen molar-refractivity contribution in [2.24, 2.45) is 0 Å². The predicted molar refractivity (Wildman–Crippen MR) is 172 cm³/mol. The van der Waals surface area contributed by atoms with E-state index in [1.807, 2.05) is 0 Å². The van der Waals surface area contributed by atoms with E-state index in [0.29, 0.717) is 0 Å². The standard InChI is InChI=1S/C33H46N2.2C2H5.Pd/c1-5-9-13-15-27-20-24-29(25-21-27)33-31(17-12-8-4)30(16-11-7-3)32(35(33)34)28-22-18-26(19-23-28)14-10-6-2;2*1-2;/h18-25H,5-17H2,1-4H3;2*1H2,2H3;. The van der Waals surface area contributed by atoms with Crippen LogP contribution in [0.15, 0.2) is 59.7 Å². The Hall–Kier alpha value is -1.82. The average molecular weight is 635 g/mol. The Morgan fingerprint density at radius 2 is 0.875 bits per heavy atom. The summed E-state index contributed by atoms with van der Waals surface area (Å²) in [6, 6.07) is 17.9. The van der Waals surface area contributed by atoms with Gasteiger partial charge in [-0.2, -0.15) is 0 Å². The molecule has 1 aliphatic rings. The molecule has 0 fully saturated rings. The normalized spacial score (nSPS) is 13.3. The van der Waals surface area contributed by atoms with Gasteiger partial charge in [0.15, 0.2) is 0 Å². The molecule has 0 unspecified atom stereocenters. The van der Waals surface area contributed by atoms with Crippen LogP contribution in [0.1, 0.15) is 134 Å². The molecule has 2 aromatic rings. The summed E-state index contributed by atoms with van der Waals surface area (Å²) in [5.74, 6) is 0. The summed E-state index contributed by atoms with van der Waals surface area (Å²) in [5, 5.41) is 0. The Balaban J connectivity index is 0.00000103. The number of nitrogens with zero attached hydrogens (tertiary/aromatic N) is 2. The van der Waals surface area contributed by atoms with Gasteiger partial charge in [-0.1, -0.05) is 84.1 Å². The van der Waals surface area contributed by atoms with Gasteiger partial charge in [0.05, 0.1) is 0 Å². The molecule has 0 aromatic heterocycles. The van der Waals surface area contributed by atoms with Crippen LogP contribution in [-0.2, 0) is 30.8 Å². The molecule has 3 heteroatoms. The van der Waals surface area contributed by atoms with Crippen LogP contribution in [-0.4, -0.2) is 4.70 Å². The van der Waals surface area contributed by atoms with Gasteiger partial charge in [0.2, 0.25) is 11.4 Å². The Kier molecular flexibility index (Phi) is 17.3. The summed E-state index contributed by atoms with van der Waals surface area (Å²) in [6.45, 7) is 13.5. The average Bonchev–Trinajstić information content (AvgIpc) is 3.25. The van der Waals surface area contributed by atoms with Gasteiger partial charge in [0.25, 0.3) is 0 Å². The van der Waals surface area contributed by atoms with Crippen LogP contribution in [0.5, 0.6) is 0 Å². The van der Waals surface area contributed by atoms with Gasteiger partial charge in [-0.05, 0) is 86.8 Å². The Morgan fingerprint density at radius 3 is 1.23 bits per heavy atom. The maximum atomic E-state index is 11.7. The first-order valence-corrected chi connectivity index (χ1v) is 18.3.